The first kappa shape index (κ1) is 21.5. The first-order valence-electron chi connectivity index (χ1n) is 9.55. The van der Waals surface area contributed by atoms with Gasteiger partial charge in [-0.1, -0.05) is 18.2 Å². The van der Waals surface area contributed by atoms with E-state index in [9.17, 15) is 9.59 Å². The molecule has 0 aliphatic carbocycles. The molecule has 0 aliphatic heterocycles. The van der Waals surface area contributed by atoms with Crippen molar-refractivity contribution >= 4 is 35.0 Å². The highest BCUT2D eigenvalue weighted by molar-refractivity contribution is 8.00. The lowest BCUT2D eigenvalue weighted by atomic mass is 10.2. The number of para-hydroxylation sites is 1. The number of carbonyl (C=O) groups is 2. The van der Waals surface area contributed by atoms with Gasteiger partial charge in [0, 0.05) is 21.8 Å². The van der Waals surface area contributed by atoms with Crippen molar-refractivity contribution in [2.75, 3.05) is 17.7 Å². The van der Waals surface area contributed by atoms with E-state index < -0.39 is 0 Å². The molecule has 0 heterocycles. The lowest BCUT2D eigenvalue weighted by molar-refractivity contribution is -0.115. The summed E-state index contributed by atoms with van der Waals surface area (Å²) in [5.41, 5.74) is 3.10. The Balaban J connectivity index is 1.56. The summed E-state index contributed by atoms with van der Waals surface area (Å²) in [4.78, 5) is 25.8. The first-order chi connectivity index (χ1) is 14.5. The summed E-state index contributed by atoms with van der Waals surface area (Å²) < 4.78 is 5.11. The van der Waals surface area contributed by atoms with Crippen molar-refractivity contribution in [3.05, 3.63) is 83.9 Å². The minimum absolute atomic E-state index is 0.0498. The highest BCUT2D eigenvalue weighted by Crippen LogP contribution is 2.26. The van der Waals surface area contributed by atoms with Gasteiger partial charge in [0.1, 0.15) is 5.75 Å². The fraction of sp³-hybridized carbons (Fsp3) is 0.167. The molecule has 5 nitrogen and oxygen atoms in total. The molecule has 0 spiro atoms. The third kappa shape index (κ3) is 5.64. The Morgan fingerprint density at radius 3 is 2.20 bits per heavy atom. The topological polar surface area (TPSA) is 67.4 Å². The van der Waals surface area contributed by atoms with Gasteiger partial charge in [0.15, 0.2) is 0 Å². The van der Waals surface area contributed by atoms with Crippen LogP contribution in [0.2, 0.25) is 0 Å². The molecule has 0 aliphatic rings. The van der Waals surface area contributed by atoms with Gasteiger partial charge in [0.2, 0.25) is 5.91 Å². The number of carbonyl (C=O) groups excluding carboxylic acids is 2. The Hall–Kier alpha value is -3.25. The van der Waals surface area contributed by atoms with Crippen LogP contribution in [-0.2, 0) is 4.79 Å². The molecule has 0 bridgehead atoms. The number of methoxy groups -OCH3 is 1. The number of benzene rings is 3. The van der Waals surface area contributed by atoms with Gasteiger partial charge >= 0.3 is 0 Å². The van der Waals surface area contributed by atoms with E-state index in [0.717, 1.165) is 16.1 Å². The van der Waals surface area contributed by atoms with Crippen molar-refractivity contribution < 1.29 is 14.3 Å². The molecule has 0 saturated carbocycles. The van der Waals surface area contributed by atoms with Gasteiger partial charge in [-0.05, 0) is 74.0 Å². The summed E-state index contributed by atoms with van der Waals surface area (Å²) >= 11 is 1.47. The zero-order chi connectivity index (χ0) is 21.5. The fourth-order valence-electron chi connectivity index (χ4n) is 2.77. The quantitative estimate of drug-likeness (QED) is 0.504. The fourth-order valence-corrected chi connectivity index (χ4v) is 3.64. The van der Waals surface area contributed by atoms with Crippen molar-refractivity contribution in [1.29, 1.82) is 0 Å². The molecule has 3 rings (SSSR count). The van der Waals surface area contributed by atoms with Crippen molar-refractivity contribution in [2.24, 2.45) is 0 Å². The number of nitrogens with one attached hydrogen (secondary N) is 2. The summed E-state index contributed by atoms with van der Waals surface area (Å²) in [5, 5.41) is 5.58. The van der Waals surface area contributed by atoms with Gasteiger partial charge in [-0.2, -0.15) is 0 Å². The summed E-state index contributed by atoms with van der Waals surface area (Å²) in [6, 6.07) is 22.1. The van der Waals surface area contributed by atoms with E-state index in [1.807, 2.05) is 62.4 Å². The Morgan fingerprint density at radius 1 is 0.900 bits per heavy atom. The molecular formula is C24H24N2O3S. The molecule has 2 N–H and O–H groups in total. The minimum atomic E-state index is -0.260. The van der Waals surface area contributed by atoms with Gasteiger partial charge in [-0.3, -0.25) is 9.59 Å². The largest absolute Gasteiger partial charge is 0.497 e. The van der Waals surface area contributed by atoms with E-state index in [0.29, 0.717) is 17.0 Å². The van der Waals surface area contributed by atoms with E-state index >= 15 is 0 Å². The predicted molar refractivity (Wildman–Crippen MR) is 123 cm³/mol. The van der Waals surface area contributed by atoms with Crippen molar-refractivity contribution in [2.45, 2.75) is 24.0 Å². The molecule has 154 valence electrons. The van der Waals surface area contributed by atoms with Crippen LogP contribution < -0.4 is 15.4 Å². The summed E-state index contributed by atoms with van der Waals surface area (Å²) in [7, 11) is 1.59. The molecule has 1 atom stereocenters. The maximum absolute atomic E-state index is 12.5. The molecule has 1 unspecified atom stereocenters. The van der Waals surface area contributed by atoms with Crippen LogP contribution in [0.3, 0.4) is 0 Å². The third-order valence-electron chi connectivity index (χ3n) is 4.55. The van der Waals surface area contributed by atoms with Gasteiger partial charge < -0.3 is 15.4 Å². The van der Waals surface area contributed by atoms with Crippen LogP contribution in [0.15, 0.2) is 77.7 Å². The number of thioether (sulfide) groups is 1. The lowest BCUT2D eigenvalue weighted by Gasteiger charge is -2.14. The number of anilines is 2. The number of hydrogen-bond donors (Lipinski definition) is 2. The van der Waals surface area contributed by atoms with Gasteiger partial charge in [0.25, 0.3) is 5.91 Å². The van der Waals surface area contributed by atoms with Crippen LogP contribution in [0.5, 0.6) is 5.75 Å². The van der Waals surface area contributed by atoms with Crippen LogP contribution in [0.25, 0.3) is 0 Å². The zero-order valence-corrected chi connectivity index (χ0v) is 18.0. The Morgan fingerprint density at radius 2 is 1.57 bits per heavy atom. The zero-order valence-electron chi connectivity index (χ0n) is 17.1. The van der Waals surface area contributed by atoms with Crippen molar-refractivity contribution in [3.8, 4) is 5.75 Å². The average molecular weight is 421 g/mol. The monoisotopic (exact) mass is 420 g/mol. The Bertz CT molecular complexity index is 1020. The Kier molecular flexibility index (Phi) is 7.14. The lowest BCUT2D eigenvalue weighted by Crippen LogP contribution is -2.22. The highest BCUT2D eigenvalue weighted by atomic mass is 32.2. The van der Waals surface area contributed by atoms with Gasteiger partial charge in [-0.25, -0.2) is 0 Å². The van der Waals surface area contributed by atoms with Crippen LogP contribution >= 0.6 is 11.8 Å². The second kappa shape index (κ2) is 9.98. The third-order valence-corrected chi connectivity index (χ3v) is 5.66. The maximum atomic E-state index is 12.5. The molecule has 0 saturated heterocycles. The normalized spacial score (nSPS) is 11.4. The molecule has 0 radical (unpaired) electrons. The molecule has 30 heavy (non-hydrogen) atoms. The van der Waals surface area contributed by atoms with Crippen LogP contribution in [0.1, 0.15) is 22.8 Å². The number of aryl methyl sites for hydroxylation is 1. The number of hydrogen-bond acceptors (Lipinski definition) is 4. The van der Waals surface area contributed by atoms with Crippen LogP contribution in [0, 0.1) is 6.92 Å². The summed E-state index contributed by atoms with van der Waals surface area (Å²) in [6.45, 7) is 3.84. The molecular weight excluding hydrogens is 396 g/mol. The van der Waals surface area contributed by atoms with E-state index in [2.05, 4.69) is 10.6 Å². The van der Waals surface area contributed by atoms with E-state index in [-0.39, 0.29) is 17.1 Å². The first-order valence-corrected chi connectivity index (χ1v) is 10.4. The highest BCUT2D eigenvalue weighted by Gasteiger charge is 2.15. The van der Waals surface area contributed by atoms with E-state index in [1.165, 1.54) is 11.8 Å². The maximum Gasteiger partial charge on any atom is 0.255 e. The molecule has 2 amide bonds. The minimum Gasteiger partial charge on any atom is -0.497 e. The Labute approximate surface area is 180 Å². The molecule has 0 fully saturated rings. The molecule has 3 aromatic rings. The smallest absolute Gasteiger partial charge is 0.255 e. The van der Waals surface area contributed by atoms with Gasteiger partial charge in [0.05, 0.1) is 12.4 Å². The molecule has 0 aromatic heterocycles. The molecule has 6 heteroatoms. The van der Waals surface area contributed by atoms with Crippen molar-refractivity contribution in [1.82, 2.24) is 0 Å². The van der Waals surface area contributed by atoms with Crippen molar-refractivity contribution in [3.63, 3.8) is 0 Å². The molecule has 3 aromatic carbocycles. The summed E-state index contributed by atoms with van der Waals surface area (Å²) in [6.07, 6.45) is 0. The number of rotatable bonds is 7. The predicted octanol–water partition coefficient (Wildman–Crippen LogP) is 5.38. The standard InChI is InChI=1S/C24H24N2O3S/c1-16-6-4-5-7-22(16)26-23(27)17(2)30-21-14-10-19(11-15-21)25-24(28)18-8-12-20(29-3)13-9-18/h4-15,17H,1-3H3,(H,25,28)(H,26,27). The number of ether oxygens (including phenoxy) is 1. The van der Waals surface area contributed by atoms with E-state index in [1.54, 1.807) is 31.4 Å². The van der Waals surface area contributed by atoms with E-state index in [4.69, 9.17) is 4.74 Å². The van der Waals surface area contributed by atoms with Gasteiger partial charge in [-0.15, -0.1) is 11.8 Å². The van der Waals surface area contributed by atoms with Crippen LogP contribution in [-0.4, -0.2) is 24.2 Å². The number of amides is 2. The second-order valence-electron chi connectivity index (χ2n) is 6.77. The summed E-state index contributed by atoms with van der Waals surface area (Å²) in [5.74, 6) is 0.462. The average Bonchev–Trinajstić information content (AvgIpc) is 2.76. The van der Waals surface area contributed by atoms with Crippen LogP contribution in [0.4, 0.5) is 11.4 Å². The SMILES string of the molecule is COc1ccc(C(=O)Nc2ccc(SC(C)C(=O)Nc3ccccc3C)cc2)cc1. The second-order valence-corrected chi connectivity index (χ2v) is 8.19.